The van der Waals surface area contributed by atoms with E-state index in [1.165, 1.54) is 0 Å². The van der Waals surface area contributed by atoms with E-state index in [1.807, 2.05) is 50.2 Å². The molecular weight excluding hydrogens is 378 g/mol. The van der Waals surface area contributed by atoms with Gasteiger partial charge in [0.05, 0.1) is 6.54 Å². The molecule has 3 rings (SSSR count). The van der Waals surface area contributed by atoms with Gasteiger partial charge in [0, 0.05) is 28.9 Å². The Morgan fingerprint density at radius 3 is 2.17 bits per heavy atom. The molecule has 2 N–H and O–H groups in total. The van der Waals surface area contributed by atoms with Crippen molar-refractivity contribution in [3.05, 3.63) is 95.3 Å². The maximum atomic E-state index is 12.4. The van der Waals surface area contributed by atoms with Crippen LogP contribution in [0.15, 0.2) is 73.1 Å². The largest absolute Gasteiger partial charge is 0.342 e. The summed E-state index contributed by atoms with van der Waals surface area (Å²) >= 11 is 0. The molecule has 152 valence electrons. The molecule has 0 aliphatic rings. The summed E-state index contributed by atoms with van der Waals surface area (Å²) in [5.41, 5.74) is 3.98. The zero-order chi connectivity index (χ0) is 21.5. The van der Waals surface area contributed by atoms with Crippen LogP contribution in [-0.2, 0) is 16.1 Å². The Bertz CT molecular complexity index is 1060. The minimum atomic E-state index is -0.293. The normalized spacial score (nSPS) is 10.3. The van der Waals surface area contributed by atoms with Gasteiger partial charge in [0.2, 0.25) is 12.5 Å². The van der Waals surface area contributed by atoms with Crippen molar-refractivity contribution in [2.75, 3.05) is 11.9 Å². The maximum absolute atomic E-state index is 12.4. The lowest BCUT2D eigenvalue weighted by molar-refractivity contribution is -0.684. The van der Waals surface area contributed by atoms with E-state index in [-0.39, 0.29) is 30.7 Å². The third-order valence-electron chi connectivity index (χ3n) is 4.84. The summed E-state index contributed by atoms with van der Waals surface area (Å²) in [6, 6.07) is 18.1. The second kappa shape index (κ2) is 9.60. The summed E-state index contributed by atoms with van der Waals surface area (Å²) in [6.45, 7) is 3.85. The second-order valence-corrected chi connectivity index (χ2v) is 7.03. The molecule has 0 saturated heterocycles. The lowest BCUT2D eigenvalue weighted by Gasteiger charge is -2.10. The number of nitrogens with zero attached hydrogens (tertiary/aromatic N) is 1. The number of pyridine rings is 1. The quantitative estimate of drug-likeness (QED) is 0.471. The van der Waals surface area contributed by atoms with Crippen molar-refractivity contribution >= 4 is 23.3 Å². The van der Waals surface area contributed by atoms with Crippen LogP contribution in [0.4, 0.5) is 5.69 Å². The first-order valence-corrected chi connectivity index (χ1v) is 9.65. The second-order valence-electron chi connectivity index (χ2n) is 7.03. The van der Waals surface area contributed by atoms with Gasteiger partial charge in [-0.3, -0.25) is 14.4 Å². The third kappa shape index (κ3) is 5.38. The zero-order valence-corrected chi connectivity index (χ0v) is 17.0. The number of benzene rings is 2. The zero-order valence-electron chi connectivity index (χ0n) is 17.0. The van der Waals surface area contributed by atoms with Gasteiger partial charge < -0.3 is 10.6 Å². The van der Waals surface area contributed by atoms with Crippen molar-refractivity contribution in [1.82, 2.24) is 5.32 Å². The Labute approximate surface area is 175 Å². The monoisotopic (exact) mass is 402 g/mol. The smallest absolute Gasteiger partial charge is 0.286 e. The van der Waals surface area contributed by atoms with Crippen LogP contribution in [0.1, 0.15) is 27.0 Å². The van der Waals surface area contributed by atoms with Gasteiger partial charge in [-0.1, -0.05) is 42.5 Å². The average molecular weight is 402 g/mol. The molecule has 0 atom stereocenters. The molecule has 0 aliphatic carbocycles. The molecule has 2 amide bonds. The fourth-order valence-electron chi connectivity index (χ4n) is 2.95. The van der Waals surface area contributed by atoms with Gasteiger partial charge in [-0.25, -0.2) is 0 Å². The molecular formula is C24H24N3O3+. The van der Waals surface area contributed by atoms with Crippen LogP contribution in [0.25, 0.3) is 0 Å². The summed E-state index contributed by atoms with van der Waals surface area (Å²) in [5, 5.41) is 5.42. The van der Waals surface area contributed by atoms with E-state index in [0.29, 0.717) is 11.1 Å². The van der Waals surface area contributed by atoms with Crippen molar-refractivity contribution in [2.45, 2.75) is 20.4 Å². The summed E-state index contributed by atoms with van der Waals surface area (Å²) in [4.78, 5) is 36.7. The highest BCUT2D eigenvalue weighted by molar-refractivity contribution is 6.08. The number of hydrogen-bond donors (Lipinski definition) is 2. The first-order chi connectivity index (χ1) is 14.4. The van der Waals surface area contributed by atoms with Gasteiger partial charge in [0.15, 0.2) is 18.2 Å². The maximum Gasteiger partial charge on any atom is 0.286 e. The average Bonchev–Trinajstić information content (AvgIpc) is 2.76. The van der Waals surface area contributed by atoms with Gasteiger partial charge in [0.1, 0.15) is 0 Å². The van der Waals surface area contributed by atoms with Gasteiger partial charge in [-0.2, -0.15) is 4.57 Å². The fraction of sp³-hybridized carbons (Fsp3) is 0.167. The standard InChI is InChI=1S/C24H23N3O3/c1-17-7-6-10-21(18(17)2)26-22(28)15-25-23(29)16-27-13-11-20(12-14-27)24(30)19-8-4-3-5-9-19/h3-14H,15-16H2,1-2H3,(H-,25,26,28,29)/p+1. The minimum absolute atomic E-state index is 0.0521. The number of aryl methyl sites for hydroxylation is 1. The van der Waals surface area contributed by atoms with Gasteiger partial charge in [-0.05, 0) is 31.0 Å². The molecule has 0 unspecified atom stereocenters. The number of carbonyl (C=O) groups is 3. The van der Waals surface area contributed by atoms with E-state index >= 15 is 0 Å². The molecule has 30 heavy (non-hydrogen) atoms. The topological polar surface area (TPSA) is 79.2 Å². The van der Waals surface area contributed by atoms with Crippen LogP contribution in [0.3, 0.4) is 0 Å². The number of anilines is 1. The molecule has 1 heterocycles. The first kappa shape index (κ1) is 20.9. The van der Waals surface area contributed by atoms with Crippen molar-refractivity contribution in [1.29, 1.82) is 0 Å². The first-order valence-electron chi connectivity index (χ1n) is 9.65. The molecule has 0 bridgehead atoms. The van der Waals surface area contributed by atoms with Crippen molar-refractivity contribution in [3.63, 3.8) is 0 Å². The highest BCUT2D eigenvalue weighted by Gasteiger charge is 2.14. The van der Waals surface area contributed by atoms with Gasteiger partial charge in [0.25, 0.3) is 5.91 Å². The molecule has 2 aromatic carbocycles. The number of ketones is 1. The molecule has 6 heteroatoms. The van der Waals surface area contributed by atoms with E-state index in [1.54, 1.807) is 41.2 Å². The summed E-state index contributed by atoms with van der Waals surface area (Å²) in [7, 11) is 0. The fourth-order valence-corrected chi connectivity index (χ4v) is 2.95. The van der Waals surface area contributed by atoms with E-state index in [0.717, 1.165) is 16.8 Å². The molecule has 0 fully saturated rings. The molecule has 1 aromatic heterocycles. The molecule has 0 saturated carbocycles. The van der Waals surface area contributed by atoms with Crippen molar-refractivity contribution in [3.8, 4) is 0 Å². The van der Waals surface area contributed by atoms with Gasteiger partial charge in [-0.15, -0.1) is 0 Å². The molecule has 6 nitrogen and oxygen atoms in total. The predicted molar refractivity (Wildman–Crippen MR) is 114 cm³/mol. The predicted octanol–water partition coefficient (Wildman–Crippen LogP) is 2.58. The van der Waals surface area contributed by atoms with Crippen LogP contribution < -0.4 is 15.2 Å². The number of amides is 2. The number of aromatic nitrogens is 1. The lowest BCUT2D eigenvalue weighted by Crippen LogP contribution is -2.44. The molecule has 0 spiro atoms. The highest BCUT2D eigenvalue weighted by atomic mass is 16.2. The van der Waals surface area contributed by atoms with Crippen LogP contribution >= 0.6 is 0 Å². The SMILES string of the molecule is Cc1cccc(NC(=O)CNC(=O)C[n+]2ccc(C(=O)c3ccccc3)cc2)c1C. The third-order valence-corrected chi connectivity index (χ3v) is 4.84. The molecule has 3 aromatic rings. The van der Waals surface area contributed by atoms with Gasteiger partial charge >= 0.3 is 0 Å². The Morgan fingerprint density at radius 1 is 0.800 bits per heavy atom. The number of carbonyl (C=O) groups excluding carboxylic acids is 3. The van der Waals surface area contributed by atoms with Crippen LogP contribution in [0.5, 0.6) is 0 Å². The summed E-state index contributed by atoms with van der Waals surface area (Å²) in [5.74, 6) is -0.653. The van der Waals surface area contributed by atoms with Crippen LogP contribution in [0, 0.1) is 13.8 Å². The van der Waals surface area contributed by atoms with Crippen LogP contribution in [-0.4, -0.2) is 24.1 Å². The van der Waals surface area contributed by atoms with E-state index in [2.05, 4.69) is 10.6 Å². The Hall–Kier alpha value is -3.80. The molecule has 0 aliphatic heterocycles. The minimum Gasteiger partial charge on any atom is -0.342 e. The number of hydrogen-bond acceptors (Lipinski definition) is 3. The van der Waals surface area contributed by atoms with E-state index in [4.69, 9.17) is 0 Å². The Kier molecular flexibility index (Phi) is 6.70. The van der Waals surface area contributed by atoms with Crippen molar-refractivity contribution < 1.29 is 19.0 Å². The van der Waals surface area contributed by atoms with Crippen LogP contribution in [0.2, 0.25) is 0 Å². The highest BCUT2D eigenvalue weighted by Crippen LogP contribution is 2.17. The van der Waals surface area contributed by atoms with E-state index < -0.39 is 0 Å². The number of rotatable bonds is 7. The Balaban J connectivity index is 1.50. The van der Waals surface area contributed by atoms with Crippen molar-refractivity contribution in [2.24, 2.45) is 0 Å². The lowest BCUT2D eigenvalue weighted by atomic mass is 10.0. The number of nitrogens with one attached hydrogen (secondary N) is 2. The summed E-state index contributed by atoms with van der Waals surface area (Å²) in [6.07, 6.45) is 3.35. The van der Waals surface area contributed by atoms with E-state index in [9.17, 15) is 14.4 Å². The Morgan fingerprint density at radius 2 is 1.47 bits per heavy atom. The summed E-state index contributed by atoms with van der Waals surface area (Å²) < 4.78 is 1.65. The molecule has 0 radical (unpaired) electrons.